The van der Waals surface area contributed by atoms with Gasteiger partial charge in [0, 0.05) is 30.8 Å². The summed E-state index contributed by atoms with van der Waals surface area (Å²) in [5, 5.41) is 1.31. The van der Waals surface area contributed by atoms with Crippen LogP contribution in [0.3, 0.4) is 0 Å². The smallest absolute Gasteiger partial charge is 0.0457 e. The van der Waals surface area contributed by atoms with Crippen molar-refractivity contribution in [3.63, 3.8) is 0 Å². The average molecular weight is 316 g/mol. The molecule has 1 fully saturated rings. The zero-order chi connectivity index (χ0) is 15.9. The number of benzene rings is 2. The number of H-pyrrole nitrogens is 1. The minimum atomic E-state index is 0.696. The van der Waals surface area contributed by atoms with E-state index in [-0.39, 0.29) is 0 Å². The lowest BCUT2D eigenvalue weighted by atomic mass is 9.80. The summed E-state index contributed by atoms with van der Waals surface area (Å²) in [4.78, 5) is 6.09. The first kappa shape index (κ1) is 14.3. The molecule has 0 unspecified atom stereocenters. The van der Waals surface area contributed by atoms with Crippen LogP contribution in [0.15, 0.2) is 54.7 Å². The lowest BCUT2D eigenvalue weighted by Crippen LogP contribution is -2.46. The summed E-state index contributed by atoms with van der Waals surface area (Å²) in [6.45, 7) is 2.33. The molecule has 2 nitrogen and oxygen atoms in total. The molecule has 0 radical (unpaired) electrons. The standard InChI is InChI=1S/C22H24N2/c1-2-4-20-13-21-8-6-16(11-19(20)3-1)14-24(21)15-17-5-7-18-9-10-23-22(18)12-17/h1-5,7,9-10,12,16,21,23H,6,8,11,13-15H2/t16-,21+/m1/s1. The van der Waals surface area contributed by atoms with Gasteiger partial charge in [0.15, 0.2) is 0 Å². The van der Waals surface area contributed by atoms with Crippen LogP contribution in [0.4, 0.5) is 0 Å². The molecule has 2 bridgehead atoms. The van der Waals surface area contributed by atoms with Crippen molar-refractivity contribution in [2.75, 3.05) is 6.54 Å². The molecule has 2 heteroatoms. The SMILES string of the molecule is c1ccc2c(c1)C[C@H]1CC[C@@H](C2)N(Cc2ccc3cc[nH]c3c2)C1. The highest BCUT2D eigenvalue weighted by atomic mass is 15.2. The van der Waals surface area contributed by atoms with Gasteiger partial charge in [-0.1, -0.05) is 36.4 Å². The topological polar surface area (TPSA) is 19.0 Å². The Hall–Kier alpha value is -2.06. The van der Waals surface area contributed by atoms with Gasteiger partial charge >= 0.3 is 0 Å². The van der Waals surface area contributed by atoms with E-state index < -0.39 is 0 Å². The van der Waals surface area contributed by atoms with Crippen molar-refractivity contribution in [2.24, 2.45) is 5.92 Å². The third-order valence-electron chi connectivity index (χ3n) is 6.00. The number of aromatic amines is 1. The fraction of sp³-hybridized carbons (Fsp3) is 0.364. The predicted molar refractivity (Wildman–Crippen MR) is 99.1 cm³/mol. The maximum absolute atomic E-state index is 3.35. The fourth-order valence-corrected chi connectivity index (χ4v) is 4.72. The highest BCUT2D eigenvalue weighted by Gasteiger charge is 2.31. The van der Waals surface area contributed by atoms with Gasteiger partial charge in [-0.25, -0.2) is 0 Å². The normalized spacial score (nSPS) is 23.8. The van der Waals surface area contributed by atoms with E-state index in [1.54, 1.807) is 11.1 Å². The number of hydrogen-bond acceptors (Lipinski definition) is 1. The Morgan fingerprint density at radius 2 is 1.83 bits per heavy atom. The summed E-state index contributed by atoms with van der Waals surface area (Å²) < 4.78 is 0. The van der Waals surface area contributed by atoms with Crippen LogP contribution in [0, 0.1) is 5.92 Å². The van der Waals surface area contributed by atoms with Crippen LogP contribution in [0.25, 0.3) is 10.9 Å². The van der Waals surface area contributed by atoms with Crippen LogP contribution in [-0.4, -0.2) is 22.5 Å². The van der Waals surface area contributed by atoms with Crippen molar-refractivity contribution in [1.82, 2.24) is 9.88 Å². The van der Waals surface area contributed by atoms with Crippen LogP contribution in [0.2, 0.25) is 0 Å². The van der Waals surface area contributed by atoms with Gasteiger partial charge in [-0.3, -0.25) is 4.90 Å². The first-order chi connectivity index (χ1) is 11.8. The summed E-state index contributed by atoms with van der Waals surface area (Å²) in [5.74, 6) is 0.817. The predicted octanol–water partition coefficient (Wildman–Crippen LogP) is 4.55. The van der Waals surface area contributed by atoms with E-state index in [1.807, 2.05) is 6.20 Å². The lowest BCUT2D eigenvalue weighted by molar-refractivity contribution is 0.0938. The zero-order valence-corrected chi connectivity index (χ0v) is 14.0. The van der Waals surface area contributed by atoms with Crippen LogP contribution >= 0.6 is 0 Å². The molecule has 0 spiro atoms. The molecule has 122 valence electrons. The Balaban J connectivity index is 1.42. The molecule has 24 heavy (non-hydrogen) atoms. The van der Waals surface area contributed by atoms with E-state index in [0.29, 0.717) is 6.04 Å². The minimum Gasteiger partial charge on any atom is -0.361 e. The summed E-state index contributed by atoms with van der Waals surface area (Å²) in [7, 11) is 0. The summed E-state index contributed by atoms with van der Waals surface area (Å²) in [5.41, 5.74) is 5.87. The van der Waals surface area contributed by atoms with Gasteiger partial charge in [0.25, 0.3) is 0 Å². The Morgan fingerprint density at radius 1 is 0.958 bits per heavy atom. The number of nitrogens with one attached hydrogen (secondary N) is 1. The Morgan fingerprint density at radius 3 is 2.75 bits per heavy atom. The number of aromatic nitrogens is 1. The number of piperidine rings is 1. The van der Waals surface area contributed by atoms with Gasteiger partial charge in [-0.05, 0) is 65.8 Å². The van der Waals surface area contributed by atoms with Crippen molar-refractivity contribution in [2.45, 2.75) is 38.3 Å². The molecule has 0 saturated carbocycles. The Bertz CT molecular complexity index is 863. The van der Waals surface area contributed by atoms with E-state index in [9.17, 15) is 0 Å². The quantitative estimate of drug-likeness (QED) is 0.735. The molecular formula is C22H24N2. The maximum atomic E-state index is 3.35. The van der Waals surface area contributed by atoms with Crippen LogP contribution in [0.5, 0.6) is 0 Å². The van der Waals surface area contributed by atoms with Gasteiger partial charge in [-0.2, -0.15) is 0 Å². The average Bonchev–Trinajstić information content (AvgIpc) is 3.03. The molecule has 3 aromatic rings. The highest BCUT2D eigenvalue weighted by Crippen LogP contribution is 2.33. The monoisotopic (exact) mass is 316 g/mol. The van der Waals surface area contributed by atoms with Gasteiger partial charge < -0.3 is 4.98 Å². The number of fused-ring (bicyclic) bond motifs is 3. The van der Waals surface area contributed by atoms with Crippen molar-refractivity contribution in [1.29, 1.82) is 0 Å². The molecular weight excluding hydrogens is 292 g/mol. The molecule has 3 aliphatic rings. The minimum absolute atomic E-state index is 0.696. The van der Waals surface area contributed by atoms with Crippen LogP contribution in [0.1, 0.15) is 29.5 Å². The van der Waals surface area contributed by atoms with E-state index in [1.165, 1.54) is 48.7 Å². The number of hydrogen-bond donors (Lipinski definition) is 1. The Kier molecular flexibility index (Phi) is 3.45. The second kappa shape index (κ2) is 5.78. The third-order valence-corrected chi connectivity index (χ3v) is 6.00. The van der Waals surface area contributed by atoms with Gasteiger partial charge in [0.2, 0.25) is 0 Å². The second-order valence-electron chi connectivity index (χ2n) is 7.60. The maximum Gasteiger partial charge on any atom is 0.0457 e. The fourth-order valence-electron chi connectivity index (χ4n) is 4.72. The van der Waals surface area contributed by atoms with Crippen molar-refractivity contribution < 1.29 is 0 Å². The first-order valence-corrected chi connectivity index (χ1v) is 9.22. The molecule has 1 saturated heterocycles. The Labute approximate surface area is 143 Å². The molecule has 1 N–H and O–H groups in total. The summed E-state index contributed by atoms with van der Waals surface area (Å²) in [6.07, 6.45) is 7.25. The summed E-state index contributed by atoms with van der Waals surface area (Å²) in [6, 6.07) is 18.8. The molecule has 3 heterocycles. The molecule has 1 aliphatic carbocycles. The van der Waals surface area contributed by atoms with Crippen LogP contribution < -0.4 is 0 Å². The summed E-state index contributed by atoms with van der Waals surface area (Å²) >= 11 is 0. The van der Waals surface area contributed by atoms with E-state index >= 15 is 0 Å². The molecule has 2 atom stereocenters. The zero-order valence-electron chi connectivity index (χ0n) is 14.0. The molecule has 0 amide bonds. The number of nitrogens with zero attached hydrogens (tertiary/aromatic N) is 1. The van der Waals surface area contributed by atoms with Crippen LogP contribution in [-0.2, 0) is 19.4 Å². The van der Waals surface area contributed by atoms with Crippen molar-refractivity contribution >= 4 is 10.9 Å². The van der Waals surface area contributed by atoms with Crippen molar-refractivity contribution in [3.05, 3.63) is 71.4 Å². The van der Waals surface area contributed by atoms with Crippen molar-refractivity contribution in [3.8, 4) is 0 Å². The third kappa shape index (κ3) is 2.55. The molecule has 2 aromatic carbocycles. The van der Waals surface area contributed by atoms with E-state index in [4.69, 9.17) is 0 Å². The van der Waals surface area contributed by atoms with Gasteiger partial charge in [0.1, 0.15) is 0 Å². The molecule has 6 rings (SSSR count). The second-order valence-corrected chi connectivity index (χ2v) is 7.60. The van der Waals surface area contributed by atoms with Gasteiger partial charge in [-0.15, -0.1) is 0 Å². The first-order valence-electron chi connectivity index (χ1n) is 9.22. The lowest BCUT2D eigenvalue weighted by Gasteiger charge is -2.42. The largest absolute Gasteiger partial charge is 0.361 e. The highest BCUT2D eigenvalue weighted by molar-refractivity contribution is 5.79. The van der Waals surface area contributed by atoms with E-state index in [0.717, 1.165) is 12.5 Å². The van der Waals surface area contributed by atoms with Gasteiger partial charge in [0.05, 0.1) is 0 Å². The number of rotatable bonds is 2. The van der Waals surface area contributed by atoms with E-state index in [2.05, 4.69) is 58.4 Å². The molecule has 2 aliphatic heterocycles. The molecule has 1 aromatic heterocycles.